The van der Waals surface area contributed by atoms with Crippen molar-refractivity contribution in [2.75, 3.05) is 7.05 Å². The van der Waals surface area contributed by atoms with Gasteiger partial charge in [0.1, 0.15) is 0 Å². The van der Waals surface area contributed by atoms with Crippen molar-refractivity contribution in [2.45, 2.75) is 56.0 Å². The van der Waals surface area contributed by atoms with Crippen molar-refractivity contribution in [1.29, 1.82) is 0 Å². The summed E-state index contributed by atoms with van der Waals surface area (Å²) in [6, 6.07) is 4.97. The summed E-state index contributed by atoms with van der Waals surface area (Å²) in [7, 11) is -1.66. The standard InChI is InChI=1S/C15H23ClN2O2S/c1-17-11-12-8-9-14(10-15(12)16)21(19,20)18-13-6-4-2-3-5-7-13/h8-10,13,17-18H,2-7,11H2,1H3. The Morgan fingerprint density at radius 2 is 1.86 bits per heavy atom. The zero-order valence-corrected chi connectivity index (χ0v) is 13.9. The SMILES string of the molecule is CNCc1ccc(S(=O)(=O)NC2CCCCCC2)cc1Cl. The van der Waals surface area contributed by atoms with Crippen molar-refractivity contribution in [1.82, 2.24) is 10.0 Å². The van der Waals surface area contributed by atoms with Crippen LogP contribution in [-0.4, -0.2) is 21.5 Å². The molecule has 0 atom stereocenters. The molecular weight excluding hydrogens is 308 g/mol. The number of hydrogen-bond acceptors (Lipinski definition) is 3. The summed E-state index contributed by atoms with van der Waals surface area (Å²) in [6.45, 7) is 0.620. The molecule has 0 spiro atoms. The first-order chi connectivity index (χ1) is 10.0. The van der Waals surface area contributed by atoms with Gasteiger partial charge >= 0.3 is 0 Å². The van der Waals surface area contributed by atoms with Gasteiger partial charge in [0.15, 0.2) is 0 Å². The van der Waals surface area contributed by atoms with Gasteiger partial charge in [0.25, 0.3) is 0 Å². The Bertz CT molecular complexity index is 567. The maximum Gasteiger partial charge on any atom is 0.240 e. The van der Waals surface area contributed by atoms with Crippen LogP contribution in [0.15, 0.2) is 23.1 Å². The molecule has 0 saturated heterocycles. The Balaban J connectivity index is 2.13. The van der Waals surface area contributed by atoms with Gasteiger partial charge in [0, 0.05) is 17.6 Å². The van der Waals surface area contributed by atoms with E-state index in [4.69, 9.17) is 11.6 Å². The molecule has 0 amide bonds. The van der Waals surface area contributed by atoms with Crippen molar-refractivity contribution in [2.24, 2.45) is 0 Å². The van der Waals surface area contributed by atoms with Gasteiger partial charge in [-0.1, -0.05) is 43.4 Å². The van der Waals surface area contributed by atoms with Gasteiger partial charge in [-0.2, -0.15) is 0 Å². The fourth-order valence-electron chi connectivity index (χ4n) is 2.71. The zero-order chi connectivity index (χ0) is 15.3. The third-order valence-corrected chi connectivity index (χ3v) is 5.75. The smallest absolute Gasteiger partial charge is 0.240 e. The third-order valence-electron chi connectivity index (χ3n) is 3.88. The molecular formula is C15H23ClN2O2S. The highest BCUT2D eigenvalue weighted by Crippen LogP contribution is 2.23. The second kappa shape index (κ2) is 7.58. The lowest BCUT2D eigenvalue weighted by molar-refractivity contribution is 0.510. The molecule has 1 aromatic carbocycles. The van der Waals surface area contributed by atoms with Crippen LogP contribution in [0.1, 0.15) is 44.1 Å². The second-order valence-corrected chi connectivity index (χ2v) is 7.71. The monoisotopic (exact) mass is 330 g/mol. The molecule has 1 aliphatic rings. The van der Waals surface area contributed by atoms with Crippen molar-refractivity contribution in [3.8, 4) is 0 Å². The number of nitrogens with one attached hydrogen (secondary N) is 2. The quantitative estimate of drug-likeness (QED) is 0.816. The zero-order valence-electron chi connectivity index (χ0n) is 12.4. The fourth-order valence-corrected chi connectivity index (χ4v) is 4.36. The van der Waals surface area contributed by atoms with E-state index >= 15 is 0 Å². The minimum Gasteiger partial charge on any atom is -0.316 e. The van der Waals surface area contributed by atoms with Gasteiger partial charge in [0.2, 0.25) is 10.0 Å². The molecule has 1 saturated carbocycles. The van der Waals surface area contributed by atoms with Crippen molar-refractivity contribution in [3.63, 3.8) is 0 Å². The second-order valence-electron chi connectivity index (χ2n) is 5.59. The Morgan fingerprint density at radius 1 is 1.19 bits per heavy atom. The summed E-state index contributed by atoms with van der Waals surface area (Å²) in [6.07, 6.45) is 6.42. The molecule has 0 heterocycles. The van der Waals surface area contributed by atoms with Gasteiger partial charge in [-0.15, -0.1) is 0 Å². The van der Waals surface area contributed by atoms with E-state index in [1.54, 1.807) is 12.1 Å². The molecule has 21 heavy (non-hydrogen) atoms. The maximum atomic E-state index is 12.4. The molecule has 6 heteroatoms. The summed E-state index contributed by atoms with van der Waals surface area (Å²) < 4.78 is 27.7. The van der Waals surface area contributed by atoms with E-state index in [1.165, 1.54) is 18.9 Å². The van der Waals surface area contributed by atoms with E-state index in [-0.39, 0.29) is 10.9 Å². The average Bonchev–Trinajstić information content (AvgIpc) is 2.69. The normalized spacial score (nSPS) is 17.6. The summed E-state index contributed by atoms with van der Waals surface area (Å²) in [5, 5.41) is 3.49. The third kappa shape index (κ3) is 4.68. The summed E-state index contributed by atoms with van der Waals surface area (Å²) in [5.41, 5.74) is 0.896. The molecule has 0 radical (unpaired) electrons. The van der Waals surface area contributed by atoms with Crippen LogP contribution in [0.4, 0.5) is 0 Å². The van der Waals surface area contributed by atoms with Crippen molar-refractivity contribution in [3.05, 3.63) is 28.8 Å². The van der Waals surface area contributed by atoms with Crippen LogP contribution in [0.5, 0.6) is 0 Å². The topological polar surface area (TPSA) is 58.2 Å². The van der Waals surface area contributed by atoms with Gasteiger partial charge in [-0.3, -0.25) is 0 Å². The van der Waals surface area contributed by atoms with E-state index in [1.807, 2.05) is 7.05 Å². The van der Waals surface area contributed by atoms with E-state index in [0.717, 1.165) is 31.2 Å². The molecule has 1 aliphatic carbocycles. The predicted molar refractivity (Wildman–Crippen MR) is 86.0 cm³/mol. The molecule has 2 rings (SSSR count). The fraction of sp³-hybridized carbons (Fsp3) is 0.600. The molecule has 0 unspecified atom stereocenters. The summed E-state index contributed by atoms with van der Waals surface area (Å²) in [5.74, 6) is 0. The van der Waals surface area contributed by atoms with Crippen LogP contribution < -0.4 is 10.0 Å². The molecule has 0 aromatic heterocycles. The highest BCUT2D eigenvalue weighted by Gasteiger charge is 2.21. The first-order valence-corrected chi connectivity index (χ1v) is 9.34. The van der Waals surface area contributed by atoms with E-state index in [2.05, 4.69) is 10.0 Å². The number of halogens is 1. The van der Waals surface area contributed by atoms with Crippen LogP contribution in [-0.2, 0) is 16.6 Å². The van der Waals surface area contributed by atoms with Crippen molar-refractivity contribution < 1.29 is 8.42 Å². The van der Waals surface area contributed by atoms with Crippen LogP contribution in [0.25, 0.3) is 0 Å². The first-order valence-electron chi connectivity index (χ1n) is 7.48. The number of rotatable bonds is 5. The molecule has 1 fully saturated rings. The minimum absolute atomic E-state index is 0.0493. The van der Waals surface area contributed by atoms with Gasteiger partial charge in [0.05, 0.1) is 4.90 Å². The van der Waals surface area contributed by atoms with Crippen LogP contribution in [0.2, 0.25) is 5.02 Å². The number of sulfonamides is 1. The molecule has 118 valence electrons. The minimum atomic E-state index is -3.49. The number of benzene rings is 1. The van der Waals surface area contributed by atoms with Gasteiger partial charge < -0.3 is 5.32 Å². The van der Waals surface area contributed by atoms with Gasteiger partial charge in [-0.05, 0) is 37.6 Å². The van der Waals surface area contributed by atoms with E-state index in [0.29, 0.717) is 11.6 Å². The van der Waals surface area contributed by atoms with Gasteiger partial charge in [-0.25, -0.2) is 13.1 Å². The Kier molecular flexibility index (Phi) is 6.05. The van der Waals surface area contributed by atoms with Crippen LogP contribution >= 0.6 is 11.6 Å². The van der Waals surface area contributed by atoms with Crippen LogP contribution in [0.3, 0.4) is 0 Å². The molecule has 0 aliphatic heterocycles. The molecule has 2 N–H and O–H groups in total. The predicted octanol–water partition coefficient (Wildman–Crippen LogP) is 3.06. The lowest BCUT2D eigenvalue weighted by atomic mass is 10.1. The highest BCUT2D eigenvalue weighted by atomic mass is 35.5. The van der Waals surface area contributed by atoms with Crippen molar-refractivity contribution >= 4 is 21.6 Å². The molecule has 0 bridgehead atoms. The average molecular weight is 331 g/mol. The van der Waals surface area contributed by atoms with Crippen LogP contribution in [0, 0.1) is 0 Å². The summed E-state index contributed by atoms with van der Waals surface area (Å²) >= 11 is 6.15. The molecule has 4 nitrogen and oxygen atoms in total. The molecule has 1 aromatic rings. The maximum absolute atomic E-state index is 12.4. The Morgan fingerprint density at radius 3 is 2.43 bits per heavy atom. The highest BCUT2D eigenvalue weighted by molar-refractivity contribution is 7.89. The number of hydrogen-bond donors (Lipinski definition) is 2. The van der Waals surface area contributed by atoms with E-state index in [9.17, 15) is 8.42 Å². The first kappa shape index (κ1) is 16.7. The Labute approximate surface area is 132 Å². The Hall–Kier alpha value is -0.620. The lowest BCUT2D eigenvalue weighted by Crippen LogP contribution is -2.34. The largest absolute Gasteiger partial charge is 0.316 e. The van der Waals surface area contributed by atoms with E-state index < -0.39 is 10.0 Å². The lowest BCUT2D eigenvalue weighted by Gasteiger charge is -2.17. The summed E-state index contributed by atoms with van der Waals surface area (Å²) in [4.78, 5) is 0.247.